The standard InChI is InChI=1S/C34H34Cl2FN5O4S/c1-20-38-31(40-39-20)18-30-34(43)42(32(22-11-13-24(35)14-12-22)33(46-30)23-5-4-6-25(36)17-23)29(21-9-10-21)19-41(47(44,45)26-15-16-26)28-8-3-2-7-27(28)37/h2-8,11-14,17,21,26,29-30,32-33H,9-10,15-16,18-19H2,1H3,(H,38,39,40)/t29-,30+,32+,33+/m0/s1. The van der Waals surface area contributed by atoms with E-state index in [-0.39, 0.29) is 30.5 Å². The van der Waals surface area contributed by atoms with Crippen molar-refractivity contribution in [3.8, 4) is 0 Å². The Labute approximate surface area is 283 Å². The average Bonchev–Trinajstić information content (AvgIpc) is 3.98. The predicted molar refractivity (Wildman–Crippen MR) is 177 cm³/mol. The number of carbonyl (C=O) groups is 1. The zero-order valence-electron chi connectivity index (χ0n) is 25.6. The first-order valence-corrected chi connectivity index (χ1v) is 18.0. The van der Waals surface area contributed by atoms with Gasteiger partial charge in [0, 0.05) is 16.5 Å². The lowest BCUT2D eigenvalue weighted by atomic mass is 9.89. The zero-order chi connectivity index (χ0) is 32.9. The summed E-state index contributed by atoms with van der Waals surface area (Å²) in [7, 11) is -3.91. The number of benzene rings is 3. The molecule has 13 heteroatoms. The van der Waals surface area contributed by atoms with Gasteiger partial charge in [-0.15, -0.1) is 0 Å². The van der Waals surface area contributed by atoms with E-state index in [4.69, 9.17) is 27.9 Å². The Morgan fingerprint density at radius 2 is 1.74 bits per heavy atom. The number of nitrogens with zero attached hydrogens (tertiary/aromatic N) is 4. The van der Waals surface area contributed by atoms with E-state index in [2.05, 4.69) is 15.2 Å². The highest BCUT2D eigenvalue weighted by atomic mass is 35.5. The summed E-state index contributed by atoms with van der Waals surface area (Å²) >= 11 is 12.8. The average molecular weight is 699 g/mol. The maximum absolute atomic E-state index is 15.4. The highest BCUT2D eigenvalue weighted by molar-refractivity contribution is 7.93. The number of rotatable bonds is 11. The monoisotopic (exact) mass is 697 g/mol. The van der Waals surface area contributed by atoms with Crippen molar-refractivity contribution in [1.82, 2.24) is 20.1 Å². The van der Waals surface area contributed by atoms with Crippen LogP contribution in [0.25, 0.3) is 0 Å². The molecule has 1 aromatic heterocycles. The highest BCUT2D eigenvalue weighted by Crippen LogP contribution is 2.49. The molecule has 0 bridgehead atoms. The first-order valence-electron chi connectivity index (χ1n) is 15.7. The second-order valence-corrected chi connectivity index (χ2v) is 15.5. The van der Waals surface area contributed by atoms with E-state index in [1.165, 1.54) is 22.5 Å². The zero-order valence-corrected chi connectivity index (χ0v) is 27.9. The van der Waals surface area contributed by atoms with Crippen LogP contribution >= 0.6 is 23.2 Å². The number of hydrogen-bond donors (Lipinski definition) is 1. The molecule has 47 heavy (non-hydrogen) atoms. The molecule has 1 aliphatic heterocycles. The summed E-state index contributed by atoms with van der Waals surface area (Å²) in [6.07, 6.45) is 1.04. The Hall–Kier alpha value is -3.51. The van der Waals surface area contributed by atoms with Crippen LogP contribution in [0.5, 0.6) is 0 Å². The van der Waals surface area contributed by atoms with Crippen LogP contribution in [0.15, 0.2) is 72.8 Å². The van der Waals surface area contributed by atoms with Crippen molar-refractivity contribution in [3.05, 3.63) is 111 Å². The fraction of sp³-hybridized carbons (Fsp3) is 0.382. The molecule has 4 atom stereocenters. The van der Waals surface area contributed by atoms with Gasteiger partial charge in [-0.3, -0.25) is 14.2 Å². The number of aromatic amines is 1. The van der Waals surface area contributed by atoms with E-state index < -0.39 is 45.4 Å². The van der Waals surface area contributed by atoms with E-state index in [0.29, 0.717) is 34.5 Å². The Morgan fingerprint density at radius 1 is 1.00 bits per heavy atom. The number of morpholine rings is 1. The van der Waals surface area contributed by atoms with Crippen LogP contribution in [0.4, 0.5) is 10.1 Å². The van der Waals surface area contributed by atoms with Crippen molar-refractivity contribution in [2.75, 3.05) is 10.8 Å². The van der Waals surface area contributed by atoms with Gasteiger partial charge in [0.2, 0.25) is 10.0 Å². The largest absolute Gasteiger partial charge is 0.357 e. The number of nitrogens with one attached hydrogen (secondary N) is 1. The fourth-order valence-corrected chi connectivity index (χ4v) is 8.70. The molecule has 2 heterocycles. The molecule has 0 radical (unpaired) electrons. The number of hydrogen-bond acceptors (Lipinski definition) is 6. The van der Waals surface area contributed by atoms with Gasteiger partial charge in [-0.2, -0.15) is 5.10 Å². The maximum atomic E-state index is 15.4. The first-order chi connectivity index (χ1) is 22.6. The Bertz CT molecular complexity index is 1880. The number of sulfonamides is 1. The van der Waals surface area contributed by atoms with Crippen LogP contribution in [0.2, 0.25) is 10.0 Å². The number of H-pyrrole nitrogens is 1. The number of aryl methyl sites for hydroxylation is 1. The summed E-state index contributed by atoms with van der Waals surface area (Å²) in [6, 6.07) is 19.2. The molecule has 1 amide bonds. The number of anilines is 1. The van der Waals surface area contributed by atoms with E-state index in [9.17, 15) is 13.2 Å². The number of halogens is 3. The van der Waals surface area contributed by atoms with Gasteiger partial charge in [-0.05, 0) is 86.1 Å². The quantitative estimate of drug-likeness (QED) is 0.190. The summed E-state index contributed by atoms with van der Waals surface area (Å²) in [6.45, 7) is 1.67. The second-order valence-electron chi connectivity index (χ2n) is 12.5. The molecule has 3 aromatic carbocycles. The van der Waals surface area contributed by atoms with Crippen LogP contribution in [-0.2, 0) is 26.0 Å². The molecule has 0 unspecified atom stereocenters. The molecule has 2 aliphatic carbocycles. The lowest BCUT2D eigenvalue weighted by molar-refractivity contribution is -0.179. The Balaban J connectivity index is 1.37. The lowest BCUT2D eigenvalue weighted by Crippen LogP contribution is -2.59. The highest BCUT2D eigenvalue weighted by Gasteiger charge is 2.52. The molecule has 3 aliphatic rings. The third-order valence-electron chi connectivity index (χ3n) is 9.08. The lowest BCUT2D eigenvalue weighted by Gasteiger charge is -2.49. The van der Waals surface area contributed by atoms with Gasteiger partial charge < -0.3 is 9.64 Å². The smallest absolute Gasteiger partial charge is 0.253 e. The third kappa shape index (κ3) is 6.63. The van der Waals surface area contributed by atoms with Crippen LogP contribution in [-0.4, -0.2) is 58.3 Å². The van der Waals surface area contributed by atoms with Gasteiger partial charge >= 0.3 is 0 Å². The number of carbonyl (C=O) groups excluding carboxylic acids is 1. The van der Waals surface area contributed by atoms with Gasteiger partial charge in [-0.25, -0.2) is 17.8 Å². The van der Waals surface area contributed by atoms with E-state index in [0.717, 1.165) is 24.0 Å². The number of para-hydroxylation sites is 1. The van der Waals surface area contributed by atoms with Crippen molar-refractivity contribution >= 4 is 44.8 Å². The molecule has 3 fully saturated rings. The molecule has 1 saturated heterocycles. The van der Waals surface area contributed by atoms with Crippen LogP contribution in [0.1, 0.15) is 60.6 Å². The van der Waals surface area contributed by atoms with E-state index >= 15 is 4.39 Å². The molecule has 9 nitrogen and oxygen atoms in total. The number of amides is 1. The summed E-state index contributed by atoms with van der Waals surface area (Å²) in [4.78, 5) is 21.0. The van der Waals surface area contributed by atoms with Crippen molar-refractivity contribution < 1.29 is 22.3 Å². The summed E-state index contributed by atoms with van der Waals surface area (Å²) in [5.41, 5.74) is 1.48. The predicted octanol–water partition coefficient (Wildman–Crippen LogP) is 6.59. The van der Waals surface area contributed by atoms with Gasteiger partial charge in [0.15, 0.2) is 5.82 Å². The Morgan fingerprint density at radius 3 is 2.38 bits per heavy atom. The molecular weight excluding hydrogens is 664 g/mol. The van der Waals surface area contributed by atoms with Crippen molar-refractivity contribution in [1.29, 1.82) is 0 Å². The first kappa shape index (κ1) is 32.1. The van der Waals surface area contributed by atoms with Gasteiger partial charge in [0.25, 0.3) is 5.91 Å². The van der Waals surface area contributed by atoms with E-state index in [1.54, 1.807) is 36.1 Å². The SMILES string of the molecule is Cc1nc(C[C@H]2O[C@H](c3cccc(Cl)c3)[C@@H](c3ccc(Cl)cc3)N([C@@H](CN(c3ccccc3F)S(=O)(=O)C3CC3)C3CC3)C2=O)n[nH]1. The summed E-state index contributed by atoms with van der Waals surface area (Å²) < 4.78 is 51.3. The summed E-state index contributed by atoms with van der Waals surface area (Å²) in [5.74, 6) is 0.0559. The molecule has 246 valence electrons. The Kier molecular flexibility index (Phi) is 8.75. The minimum absolute atomic E-state index is 0.0121. The third-order valence-corrected chi connectivity index (χ3v) is 11.8. The minimum atomic E-state index is -3.91. The van der Waals surface area contributed by atoms with Crippen molar-refractivity contribution in [2.24, 2.45) is 5.92 Å². The normalized spacial score (nSPS) is 22.3. The van der Waals surface area contributed by atoms with Crippen LogP contribution in [0.3, 0.4) is 0 Å². The van der Waals surface area contributed by atoms with Gasteiger partial charge in [0.05, 0.1) is 29.6 Å². The van der Waals surface area contributed by atoms with E-state index in [1.807, 2.05) is 30.3 Å². The molecule has 4 aromatic rings. The molecular formula is C34H34Cl2FN5O4S. The fourth-order valence-electron chi connectivity index (χ4n) is 6.50. The van der Waals surface area contributed by atoms with Crippen molar-refractivity contribution in [2.45, 2.75) is 68.6 Å². The van der Waals surface area contributed by atoms with Gasteiger partial charge in [0.1, 0.15) is 23.8 Å². The molecule has 0 spiro atoms. The molecule has 2 saturated carbocycles. The topological polar surface area (TPSA) is 108 Å². The second kappa shape index (κ2) is 12.8. The maximum Gasteiger partial charge on any atom is 0.253 e. The number of aromatic nitrogens is 3. The molecule has 7 rings (SSSR count). The van der Waals surface area contributed by atoms with Gasteiger partial charge in [-0.1, -0.05) is 59.6 Å². The summed E-state index contributed by atoms with van der Waals surface area (Å²) in [5, 5.41) is 7.54. The van der Waals surface area contributed by atoms with Crippen molar-refractivity contribution in [3.63, 3.8) is 0 Å². The number of ether oxygens (including phenoxy) is 1. The van der Waals surface area contributed by atoms with Crippen LogP contribution < -0.4 is 4.31 Å². The van der Waals surface area contributed by atoms with Crippen LogP contribution in [0, 0.1) is 18.7 Å². The minimum Gasteiger partial charge on any atom is -0.357 e. The molecule has 1 N–H and O–H groups in total.